The maximum absolute atomic E-state index is 12.2. The molecule has 6 nitrogen and oxygen atoms in total. The maximum atomic E-state index is 12.2. The molecule has 8 heteroatoms. The molecule has 0 aliphatic carbocycles. The zero-order valence-corrected chi connectivity index (χ0v) is 16.7. The molecule has 0 saturated heterocycles. The number of nitrogens with zero attached hydrogens (tertiary/aromatic N) is 4. The van der Waals surface area contributed by atoms with Crippen LogP contribution in [0.15, 0.2) is 29.8 Å². The van der Waals surface area contributed by atoms with E-state index in [1.165, 1.54) is 22.7 Å². The molecule has 1 amide bonds. The Labute approximate surface area is 161 Å². The lowest BCUT2D eigenvalue weighted by molar-refractivity contribution is -0.115. The Bertz CT molecular complexity index is 889. The summed E-state index contributed by atoms with van der Waals surface area (Å²) < 4.78 is 0. The van der Waals surface area contributed by atoms with Gasteiger partial charge in [0, 0.05) is 28.7 Å². The van der Waals surface area contributed by atoms with Gasteiger partial charge in [0.2, 0.25) is 5.91 Å². The first kappa shape index (κ1) is 18.5. The summed E-state index contributed by atoms with van der Waals surface area (Å²) in [6.07, 6.45) is 2.96. The number of rotatable bonds is 7. The van der Waals surface area contributed by atoms with E-state index in [1.54, 1.807) is 6.20 Å². The summed E-state index contributed by atoms with van der Waals surface area (Å²) in [6.45, 7) is 6.89. The maximum Gasteiger partial charge on any atom is 0.232 e. The predicted octanol–water partition coefficient (Wildman–Crippen LogP) is 4.34. The molecule has 136 valence electrons. The largest absolute Gasteiger partial charge is 0.302 e. The second-order valence-electron chi connectivity index (χ2n) is 5.91. The fourth-order valence-electron chi connectivity index (χ4n) is 2.45. The van der Waals surface area contributed by atoms with Crippen molar-refractivity contribution in [1.29, 1.82) is 0 Å². The van der Waals surface area contributed by atoms with Crippen molar-refractivity contribution in [2.75, 3.05) is 16.8 Å². The second-order valence-corrected chi connectivity index (χ2v) is 7.98. The van der Waals surface area contributed by atoms with E-state index in [9.17, 15) is 4.79 Å². The van der Waals surface area contributed by atoms with Crippen LogP contribution in [0.5, 0.6) is 0 Å². The van der Waals surface area contributed by atoms with Crippen molar-refractivity contribution in [3.63, 3.8) is 0 Å². The van der Waals surface area contributed by atoms with Crippen LogP contribution in [0.2, 0.25) is 0 Å². The minimum atomic E-state index is -0.105. The Hall–Kier alpha value is -2.32. The summed E-state index contributed by atoms with van der Waals surface area (Å²) in [5, 5.41) is 6.24. The number of hydrogen-bond acceptors (Lipinski definition) is 7. The normalized spacial score (nSPS) is 10.7. The van der Waals surface area contributed by atoms with Gasteiger partial charge in [0.05, 0.1) is 12.1 Å². The van der Waals surface area contributed by atoms with Gasteiger partial charge >= 0.3 is 0 Å². The van der Waals surface area contributed by atoms with Gasteiger partial charge in [0.25, 0.3) is 0 Å². The van der Waals surface area contributed by atoms with Gasteiger partial charge in [0.15, 0.2) is 10.3 Å². The number of carbonyl (C=O) groups excluding carboxylic acids is 1. The third kappa shape index (κ3) is 4.64. The number of aromatic nitrogens is 3. The predicted molar refractivity (Wildman–Crippen MR) is 108 cm³/mol. The number of thiazole rings is 2. The zero-order valence-electron chi connectivity index (χ0n) is 15.0. The summed E-state index contributed by atoms with van der Waals surface area (Å²) >= 11 is 3.00. The second kappa shape index (κ2) is 8.37. The highest BCUT2D eigenvalue weighted by molar-refractivity contribution is 7.15. The smallest absolute Gasteiger partial charge is 0.232 e. The summed E-state index contributed by atoms with van der Waals surface area (Å²) in [4.78, 5) is 28.8. The van der Waals surface area contributed by atoms with E-state index < -0.39 is 0 Å². The lowest BCUT2D eigenvalue weighted by Crippen LogP contribution is -2.19. The average Bonchev–Trinajstić information content (AvgIpc) is 3.21. The molecule has 3 heterocycles. The van der Waals surface area contributed by atoms with Crippen LogP contribution in [0.25, 0.3) is 0 Å². The number of nitrogens with one attached hydrogen (secondary N) is 1. The van der Waals surface area contributed by atoms with Crippen molar-refractivity contribution in [3.8, 4) is 0 Å². The van der Waals surface area contributed by atoms with Crippen LogP contribution in [0.4, 0.5) is 16.1 Å². The Kier molecular flexibility index (Phi) is 5.95. The highest BCUT2D eigenvalue weighted by atomic mass is 32.1. The minimum Gasteiger partial charge on any atom is -0.302 e. The summed E-state index contributed by atoms with van der Waals surface area (Å²) in [7, 11) is 0. The van der Waals surface area contributed by atoms with E-state index in [4.69, 9.17) is 0 Å². The highest BCUT2D eigenvalue weighted by Gasteiger charge is 2.16. The van der Waals surface area contributed by atoms with E-state index in [0.29, 0.717) is 5.13 Å². The first-order chi connectivity index (χ1) is 12.5. The molecular weight excluding hydrogens is 366 g/mol. The first-order valence-corrected chi connectivity index (χ1v) is 10.1. The molecule has 0 saturated carbocycles. The molecule has 0 aliphatic rings. The standard InChI is InChI=1S/C18H21N5OS2/c1-4-8-23(15-7-5-6-12(2)20-15)18-21-14(11-25-18)9-16(24)22-17-19-10-13(3)26-17/h5-7,10-11H,4,8-9H2,1-3H3,(H,19,22,24). The average molecular weight is 388 g/mol. The van der Waals surface area contributed by atoms with Crippen LogP contribution < -0.4 is 10.2 Å². The molecule has 0 atom stereocenters. The van der Waals surface area contributed by atoms with Crippen LogP contribution in [-0.2, 0) is 11.2 Å². The van der Waals surface area contributed by atoms with Crippen molar-refractivity contribution >= 4 is 44.7 Å². The lowest BCUT2D eigenvalue weighted by atomic mass is 10.3. The van der Waals surface area contributed by atoms with Crippen molar-refractivity contribution < 1.29 is 4.79 Å². The highest BCUT2D eigenvalue weighted by Crippen LogP contribution is 2.28. The molecule has 1 N–H and O–H groups in total. The number of hydrogen-bond donors (Lipinski definition) is 1. The van der Waals surface area contributed by atoms with Crippen molar-refractivity contribution in [2.45, 2.75) is 33.6 Å². The van der Waals surface area contributed by atoms with Gasteiger partial charge in [-0.05, 0) is 32.4 Å². The minimum absolute atomic E-state index is 0.105. The topological polar surface area (TPSA) is 71.0 Å². The van der Waals surface area contributed by atoms with Gasteiger partial charge in [-0.2, -0.15) is 0 Å². The van der Waals surface area contributed by atoms with Crippen LogP contribution in [0.3, 0.4) is 0 Å². The van der Waals surface area contributed by atoms with Crippen LogP contribution in [0, 0.1) is 13.8 Å². The number of amides is 1. The Morgan fingerprint density at radius 1 is 1.27 bits per heavy atom. The molecule has 3 aromatic heterocycles. The van der Waals surface area contributed by atoms with E-state index >= 15 is 0 Å². The van der Waals surface area contributed by atoms with E-state index in [1.807, 2.05) is 37.4 Å². The molecule has 0 bridgehead atoms. The van der Waals surface area contributed by atoms with Crippen LogP contribution in [0.1, 0.15) is 29.6 Å². The number of carbonyl (C=O) groups is 1. The molecular formula is C18H21N5OS2. The van der Waals surface area contributed by atoms with Crippen LogP contribution >= 0.6 is 22.7 Å². The van der Waals surface area contributed by atoms with Gasteiger partial charge in [-0.1, -0.05) is 13.0 Å². The molecule has 0 spiro atoms. The third-order valence-electron chi connectivity index (χ3n) is 3.58. The molecule has 26 heavy (non-hydrogen) atoms. The molecule has 0 radical (unpaired) electrons. The Morgan fingerprint density at radius 3 is 2.81 bits per heavy atom. The van der Waals surface area contributed by atoms with Gasteiger partial charge in [-0.25, -0.2) is 15.0 Å². The number of anilines is 3. The Morgan fingerprint density at radius 2 is 2.12 bits per heavy atom. The number of aryl methyl sites for hydroxylation is 2. The summed E-state index contributed by atoms with van der Waals surface area (Å²) in [6, 6.07) is 5.96. The zero-order chi connectivity index (χ0) is 18.5. The van der Waals surface area contributed by atoms with Crippen molar-refractivity contribution in [3.05, 3.63) is 46.0 Å². The van der Waals surface area contributed by atoms with Crippen LogP contribution in [-0.4, -0.2) is 27.4 Å². The molecule has 3 aromatic rings. The van der Waals surface area contributed by atoms with E-state index in [0.717, 1.165) is 40.2 Å². The number of pyridine rings is 1. The SMILES string of the molecule is CCCN(c1cccc(C)n1)c1nc(CC(=O)Nc2ncc(C)s2)cs1. The molecule has 0 aromatic carbocycles. The molecule has 3 rings (SSSR count). The monoisotopic (exact) mass is 387 g/mol. The van der Waals surface area contributed by atoms with Gasteiger partial charge in [0.1, 0.15) is 5.82 Å². The fraction of sp³-hybridized carbons (Fsp3) is 0.333. The quantitative estimate of drug-likeness (QED) is 0.653. The van der Waals surface area contributed by atoms with Gasteiger partial charge in [-0.15, -0.1) is 22.7 Å². The molecule has 0 unspecified atom stereocenters. The van der Waals surface area contributed by atoms with Gasteiger partial charge < -0.3 is 10.2 Å². The van der Waals surface area contributed by atoms with E-state index in [-0.39, 0.29) is 12.3 Å². The van der Waals surface area contributed by atoms with Crippen molar-refractivity contribution in [2.24, 2.45) is 0 Å². The van der Waals surface area contributed by atoms with E-state index in [2.05, 4.69) is 32.1 Å². The Balaban J connectivity index is 1.71. The summed E-state index contributed by atoms with van der Waals surface area (Å²) in [5.74, 6) is 0.780. The van der Waals surface area contributed by atoms with Gasteiger partial charge in [-0.3, -0.25) is 4.79 Å². The third-order valence-corrected chi connectivity index (χ3v) is 5.32. The lowest BCUT2D eigenvalue weighted by Gasteiger charge is -2.20. The first-order valence-electron chi connectivity index (χ1n) is 8.43. The van der Waals surface area contributed by atoms with Crippen molar-refractivity contribution in [1.82, 2.24) is 15.0 Å². The fourth-order valence-corrected chi connectivity index (χ4v) is 3.99. The molecule has 0 fully saturated rings. The molecule has 0 aliphatic heterocycles. The summed E-state index contributed by atoms with van der Waals surface area (Å²) in [5.41, 5.74) is 1.73.